The average molecular weight is 221 g/mol. The van der Waals surface area contributed by atoms with Crippen molar-refractivity contribution in [2.75, 3.05) is 11.9 Å². The fraction of sp³-hybridized carbons (Fsp3) is 0.385. The molecule has 0 saturated carbocycles. The highest BCUT2D eigenvalue weighted by Gasteiger charge is 2.07. The van der Waals surface area contributed by atoms with E-state index in [1.807, 2.05) is 51.1 Å². The third-order valence-corrected chi connectivity index (χ3v) is 2.31. The maximum atomic E-state index is 9.68. The Kier molecular flexibility index (Phi) is 4.86. The molecular formula is C13H19NO2. The summed E-state index contributed by atoms with van der Waals surface area (Å²) >= 11 is 0. The zero-order valence-corrected chi connectivity index (χ0v) is 10.0. The minimum atomic E-state index is -0.873. The van der Waals surface area contributed by atoms with Crippen molar-refractivity contribution in [2.45, 2.75) is 27.1 Å². The molecule has 0 bridgehead atoms. The number of hydrogen-bond donors (Lipinski definition) is 2. The molecule has 1 atom stereocenters. The number of rotatable bonds is 5. The molecule has 2 N–H and O–H groups in total. The minimum absolute atomic E-state index is 0.659. The predicted molar refractivity (Wildman–Crippen MR) is 66.7 cm³/mol. The van der Waals surface area contributed by atoms with Crippen molar-refractivity contribution in [3.63, 3.8) is 0 Å². The summed E-state index contributed by atoms with van der Waals surface area (Å²) < 4.78 is 5.40. The normalized spacial score (nSPS) is 13.4. The van der Waals surface area contributed by atoms with Crippen LogP contribution in [0.5, 0.6) is 5.75 Å². The molecule has 0 aliphatic carbocycles. The Morgan fingerprint density at radius 2 is 2.31 bits per heavy atom. The topological polar surface area (TPSA) is 41.5 Å². The van der Waals surface area contributed by atoms with Gasteiger partial charge in [-0.25, -0.2) is 0 Å². The number of hydrogen-bond acceptors (Lipinski definition) is 3. The van der Waals surface area contributed by atoms with Gasteiger partial charge >= 0.3 is 0 Å². The van der Waals surface area contributed by atoms with Crippen LogP contribution < -0.4 is 10.1 Å². The lowest BCUT2D eigenvalue weighted by atomic mass is 10.2. The van der Waals surface area contributed by atoms with Crippen LogP contribution in [0.2, 0.25) is 0 Å². The van der Waals surface area contributed by atoms with Crippen molar-refractivity contribution >= 4 is 5.69 Å². The van der Waals surface area contributed by atoms with Gasteiger partial charge in [0.2, 0.25) is 6.29 Å². The van der Waals surface area contributed by atoms with E-state index in [9.17, 15) is 5.11 Å². The monoisotopic (exact) mass is 221 g/mol. The second-order valence-electron chi connectivity index (χ2n) is 3.56. The summed E-state index contributed by atoms with van der Waals surface area (Å²) in [4.78, 5) is 0. The Balaban J connectivity index is 2.70. The highest BCUT2D eigenvalue weighted by Crippen LogP contribution is 2.19. The first-order valence-corrected chi connectivity index (χ1v) is 5.48. The first kappa shape index (κ1) is 12.6. The molecule has 0 aromatic heterocycles. The van der Waals surface area contributed by atoms with Crippen molar-refractivity contribution in [2.24, 2.45) is 0 Å². The van der Waals surface area contributed by atoms with E-state index in [0.29, 0.717) is 5.75 Å². The van der Waals surface area contributed by atoms with E-state index in [1.54, 1.807) is 0 Å². The van der Waals surface area contributed by atoms with E-state index < -0.39 is 6.29 Å². The standard InChI is InChI=1S/C13H19NO2/c1-4-10(3)13(15)16-12-8-6-7-11(9-12)14-5-2/h4,6-9,13-15H,5H2,1-3H3/b10-4+. The molecule has 0 aliphatic heterocycles. The van der Waals surface area contributed by atoms with Gasteiger partial charge < -0.3 is 15.2 Å². The van der Waals surface area contributed by atoms with Crippen molar-refractivity contribution in [1.82, 2.24) is 0 Å². The second kappa shape index (κ2) is 6.18. The number of nitrogens with one attached hydrogen (secondary N) is 1. The smallest absolute Gasteiger partial charge is 0.219 e. The zero-order chi connectivity index (χ0) is 12.0. The summed E-state index contributed by atoms with van der Waals surface area (Å²) in [6.07, 6.45) is 0.959. The van der Waals surface area contributed by atoms with Crippen LogP contribution in [0.15, 0.2) is 35.9 Å². The van der Waals surface area contributed by atoms with E-state index in [4.69, 9.17) is 4.74 Å². The number of aliphatic hydroxyl groups excluding tert-OH is 1. The molecule has 3 nitrogen and oxygen atoms in total. The molecule has 16 heavy (non-hydrogen) atoms. The van der Waals surface area contributed by atoms with E-state index in [-0.39, 0.29) is 0 Å². The number of anilines is 1. The van der Waals surface area contributed by atoms with Crippen molar-refractivity contribution in [3.8, 4) is 5.75 Å². The van der Waals surface area contributed by atoms with Crippen LogP contribution in [-0.2, 0) is 0 Å². The van der Waals surface area contributed by atoms with Crippen LogP contribution >= 0.6 is 0 Å². The van der Waals surface area contributed by atoms with Crippen LogP contribution in [0.4, 0.5) is 5.69 Å². The first-order chi connectivity index (χ1) is 7.67. The molecule has 1 rings (SSSR count). The van der Waals surface area contributed by atoms with Gasteiger partial charge in [-0.1, -0.05) is 12.1 Å². The maximum Gasteiger partial charge on any atom is 0.219 e. The highest BCUT2D eigenvalue weighted by atomic mass is 16.6. The quantitative estimate of drug-likeness (QED) is 0.593. The van der Waals surface area contributed by atoms with Gasteiger partial charge in [0.25, 0.3) is 0 Å². The Labute approximate surface area is 96.8 Å². The Morgan fingerprint density at radius 1 is 1.56 bits per heavy atom. The van der Waals surface area contributed by atoms with E-state index >= 15 is 0 Å². The van der Waals surface area contributed by atoms with Gasteiger partial charge in [-0.15, -0.1) is 0 Å². The molecule has 88 valence electrons. The van der Waals surface area contributed by atoms with E-state index in [1.165, 1.54) is 0 Å². The second-order valence-corrected chi connectivity index (χ2v) is 3.56. The van der Waals surface area contributed by atoms with Crippen molar-refractivity contribution in [3.05, 3.63) is 35.9 Å². The predicted octanol–water partition coefficient (Wildman–Crippen LogP) is 2.78. The lowest BCUT2D eigenvalue weighted by Gasteiger charge is -2.14. The summed E-state index contributed by atoms with van der Waals surface area (Å²) in [7, 11) is 0. The molecule has 1 unspecified atom stereocenters. The number of aliphatic hydroxyl groups is 1. The lowest BCUT2D eigenvalue weighted by molar-refractivity contribution is 0.0147. The molecular weight excluding hydrogens is 202 g/mol. The van der Waals surface area contributed by atoms with Gasteiger partial charge in [-0.3, -0.25) is 0 Å². The van der Waals surface area contributed by atoms with Gasteiger partial charge in [-0.2, -0.15) is 0 Å². The summed E-state index contributed by atoms with van der Waals surface area (Å²) in [5.74, 6) is 0.659. The van der Waals surface area contributed by atoms with Crippen molar-refractivity contribution < 1.29 is 9.84 Å². The lowest BCUT2D eigenvalue weighted by Crippen LogP contribution is -2.16. The third-order valence-electron chi connectivity index (χ3n) is 2.31. The molecule has 0 aliphatic rings. The minimum Gasteiger partial charge on any atom is -0.461 e. The fourth-order valence-corrected chi connectivity index (χ4v) is 1.25. The Morgan fingerprint density at radius 3 is 2.94 bits per heavy atom. The largest absolute Gasteiger partial charge is 0.461 e. The fourth-order valence-electron chi connectivity index (χ4n) is 1.25. The molecule has 1 aromatic carbocycles. The van der Waals surface area contributed by atoms with Gasteiger partial charge in [0.1, 0.15) is 5.75 Å². The van der Waals surface area contributed by atoms with Gasteiger partial charge in [0.05, 0.1) is 0 Å². The molecule has 0 saturated heterocycles. The molecule has 1 aromatic rings. The number of ether oxygens (including phenoxy) is 1. The van der Waals surface area contributed by atoms with Crippen LogP contribution in [-0.4, -0.2) is 17.9 Å². The van der Waals surface area contributed by atoms with E-state index in [0.717, 1.165) is 17.8 Å². The van der Waals surface area contributed by atoms with Crippen molar-refractivity contribution in [1.29, 1.82) is 0 Å². The summed E-state index contributed by atoms with van der Waals surface area (Å²) in [6, 6.07) is 7.55. The molecule has 0 radical (unpaired) electrons. The Hall–Kier alpha value is -1.48. The number of allylic oxidation sites excluding steroid dienone is 1. The first-order valence-electron chi connectivity index (χ1n) is 5.48. The Bertz CT molecular complexity index is 361. The summed E-state index contributed by atoms with van der Waals surface area (Å²) in [5, 5.41) is 12.9. The van der Waals surface area contributed by atoms with Crippen LogP contribution in [0.25, 0.3) is 0 Å². The maximum absolute atomic E-state index is 9.68. The third kappa shape index (κ3) is 3.59. The van der Waals surface area contributed by atoms with E-state index in [2.05, 4.69) is 5.32 Å². The van der Waals surface area contributed by atoms with Gasteiger partial charge in [0.15, 0.2) is 0 Å². The molecule has 0 spiro atoms. The zero-order valence-electron chi connectivity index (χ0n) is 10.0. The SMILES string of the molecule is C/C=C(\C)C(O)Oc1cccc(NCC)c1. The molecule has 0 fully saturated rings. The molecule has 0 amide bonds. The van der Waals surface area contributed by atoms with Crippen LogP contribution in [0.3, 0.4) is 0 Å². The number of benzene rings is 1. The van der Waals surface area contributed by atoms with Gasteiger partial charge in [-0.05, 0) is 38.5 Å². The average Bonchev–Trinajstić information content (AvgIpc) is 2.29. The van der Waals surface area contributed by atoms with Crippen LogP contribution in [0.1, 0.15) is 20.8 Å². The highest BCUT2D eigenvalue weighted by molar-refractivity contribution is 5.48. The molecule has 0 heterocycles. The summed E-state index contributed by atoms with van der Waals surface area (Å²) in [6.45, 7) is 6.60. The summed E-state index contributed by atoms with van der Waals surface area (Å²) in [5.41, 5.74) is 1.79. The van der Waals surface area contributed by atoms with Gasteiger partial charge in [0, 0.05) is 18.3 Å². The molecule has 3 heteroatoms. The van der Waals surface area contributed by atoms with Crippen LogP contribution in [0, 0.1) is 0 Å².